The molecule has 1 amide bonds. The molecule has 0 spiro atoms. The highest BCUT2D eigenvalue weighted by atomic mass is 79.9. The quantitative estimate of drug-likeness (QED) is 0.173. The summed E-state index contributed by atoms with van der Waals surface area (Å²) >= 11 is 3.25. The van der Waals surface area contributed by atoms with Gasteiger partial charge in [-0.1, -0.05) is 6.92 Å². The second-order valence-corrected chi connectivity index (χ2v) is 12.5. The van der Waals surface area contributed by atoms with Crippen LogP contribution in [0.3, 0.4) is 0 Å². The number of anilines is 2. The lowest BCUT2D eigenvalue weighted by molar-refractivity contribution is -0.152. The van der Waals surface area contributed by atoms with E-state index in [1.54, 1.807) is 26.0 Å². The molecule has 260 valence electrons. The Balaban J connectivity index is 1.66. The molecule has 1 aromatic carbocycles. The number of pyridine rings is 1. The third-order valence-corrected chi connectivity index (χ3v) is 8.31. The lowest BCUT2D eigenvalue weighted by Crippen LogP contribution is -2.47. The van der Waals surface area contributed by atoms with Gasteiger partial charge in [0, 0.05) is 24.7 Å². The van der Waals surface area contributed by atoms with Crippen molar-refractivity contribution in [3.05, 3.63) is 69.1 Å². The highest BCUT2D eigenvalue weighted by Crippen LogP contribution is 2.41. The minimum atomic E-state index is -5.00. The average molecular weight is 749 g/mol. The van der Waals surface area contributed by atoms with Gasteiger partial charge < -0.3 is 19.5 Å². The van der Waals surface area contributed by atoms with Crippen LogP contribution in [0.2, 0.25) is 0 Å². The Morgan fingerprint density at radius 2 is 1.67 bits per heavy atom. The molecule has 2 aromatic heterocycles. The molecule has 3 aromatic rings. The van der Waals surface area contributed by atoms with Crippen LogP contribution in [-0.2, 0) is 33.0 Å². The van der Waals surface area contributed by atoms with Gasteiger partial charge in [-0.15, -0.1) is 0 Å². The second-order valence-electron chi connectivity index (χ2n) is 11.6. The molecule has 1 aliphatic heterocycles. The van der Waals surface area contributed by atoms with Gasteiger partial charge in [0.25, 0.3) is 0 Å². The van der Waals surface area contributed by atoms with Gasteiger partial charge in [0.15, 0.2) is 0 Å². The second kappa shape index (κ2) is 14.1. The van der Waals surface area contributed by atoms with Crippen LogP contribution in [0.25, 0.3) is 0 Å². The summed E-state index contributed by atoms with van der Waals surface area (Å²) in [5, 5.41) is 3.15. The molecule has 1 aliphatic rings. The zero-order valence-electron chi connectivity index (χ0n) is 26.4. The van der Waals surface area contributed by atoms with Crippen molar-refractivity contribution in [2.24, 2.45) is 5.41 Å². The molecule has 0 bridgehead atoms. The summed E-state index contributed by atoms with van der Waals surface area (Å²) in [4.78, 5) is 40.2. The number of rotatable bonds is 9. The van der Waals surface area contributed by atoms with Crippen molar-refractivity contribution in [2.45, 2.75) is 64.5 Å². The molecule has 2 atom stereocenters. The Morgan fingerprint density at radius 1 is 1.02 bits per heavy atom. The van der Waals surface area contributed by atoms with Gasteiger partial charge >= 0.3 is 24.4 Å². The molecule has 0 unspecified atom stereocenters. The SMILES string of the molecule is CC[C@@H]1C[C@H](Nc2ncc(Br)c(Cc3cc(C(F)(F)F)cc(C(F)(F)F)c3)n2)c2nc(OC)ccc2N1C(=O)OCC(C)(C)C(=O)OC. The van der Waals surface area contributed by atoms with Crippen LogP contribution in [0.4, 0.5) is 42.8 Å². The first-order valence-corrected chi connectivity index (χ1v) is 15.3. The molecule has 17 heteroatoms. The lowest BCUT2D eigenvalue weighted by Gasteiger charge is -2.39. The topological polar surface area (TPSA) is 116 Å². The number of fused-ring (bicyclic) bond motifs is 1. The Hall–Kier alpha value is -4.15. The van der Waals surface area contributed by atoms with Crippen molar-refractivity contribution in [1.29, 1.82) is 0 Å². The molecule has 0 fully saturated rings. The third kappa shape index (κ3) is 8.28. The minimum absolute atomic E-state index is 0.0162. The van der Waals surface area contributed by atoms with Crippen LogP contribution in [-0.4, -0.2) is 53.9 Å². The monoisotopic (exact) mass is 747 g/mol. The fourth-order valence-corrected chi connectivity index (χ4v) is 5.48. The maximum Gasteiger partial charge on any atom is 0.416 e. The lowest BCUT2D eigenvalue weighted by atomic mass is 9.93. The molecular formula is C31H32BrF6N5O5. The number of carbonyl (C=O) groups excluding carboxylic acids is 2. The molecule has 0 aliphatic carbocycles. The van der Waals surface area contributed by atoms with Crippen molar-refractivity contribution >= 4 is 39.6 Å². The fourth-order valence-electron chi connectivity index (χ4n) is 5.15. The third-order valence-electron chi connectivity index (χ3n) is 7.65. The summed E-state index contributed by atoms with van der Waals surface area (Å²) in [6.07, 6.45) is -9.01. The summed E-state index contributed by atoms with van der Waals surface area (Å²) in [7, 11) is 2.65. The van der Waals surface area contributed by atoms with E-state index in [-0.39, 0.29) is 53.1 Å². The zero-order valence-corrected chi connectivity index (χ0v) is 28.0. The number of methoxy groups -OCH3 is 2. The van der Waals surface area contributed by atoms with E-state index in [0.29, 0.717) is 29.9 Å². The molecule has 0 saturated carbocycles. The van der Waals surface area contributed by atoms with Crippen molar-refractivity contribution in [3.8, 4) is 5.88 Å². The number of esters is 1. The first-order chi connectivity index (χ1) is 22.4. The van der Waals surface area contributed by atoms with E-state index >= 15 is 0 Å². The number of nitrogens with one attached hydrogen (secondary N) is 1. The van der Waals surface area contributed by atoms with E-state index in [0.717, 1.165) is 0 Å². The van der Waals surface area contributed by atoms with E-state index in [9.17, 15) is 35.9 Å². The summed E-state index contributed by atoms with van der Waals surface area (Å²) in [6, 6.07) is 3.51. The van der Waals surface area contributed by atoms with Crippen LogP contribution >= 0.6 is 15.9 Å². The van der Waals surface area contributed by atoms with E-state index in [1.165, 1.54) is 25.3 Å². The average Bonchev–Trinajstić information content (AvgIpc) is 3.03. The number of ether oxygens (including phenoxy) is 3. The number of benzene rings is 1. The molecule has 0 radical (unpaired) electrons. The zero-order chi connectivity index (χ0) is 35.6. The van der Waals surface area contributed by atoms with E-state index in [1.807, 2.05) is 6.92 Å². The number of hydrogen-bond donors (Lipinski definition) is 1. The maximum absolute atomic E-state index is 13.5. The Labute approximate surface area is 280 Å². The highest BCUT2D eigenvalue weighted by Gasteiger charge is 2.40. The maximum atomic E-state index is 13.5. The largest absolute Gasteiger partial charge is 0.481 e. The fraction of sp³-hybridized carbons (Fsp3) is 0.452. The van der Waals surface area contributed by atoms with E-state index in [4.69, 9.17) is 14.2 Å². The van der Waals surface area contributed by atoms with Crippen LogP contribution < -0.4 is 15.0 Å². The van der Waals surface area contributed by atoms with Gasteiger partial charge in [0.2, 0.25) is 11.8 Å². The first kappa shape index (κ1) is 36.7. The summed E-state index contributed by atoms with van der Waals surface area (Å²) < 4.78 is 96.6. The van der Waals surface area contributed by atoms with Crippen molar-refractivity contribution in [1.82, 2.24) is 15.0 Å². The Morgan fingerprint density at radius 3 is 2.23 bits per heavy atom. The molecule has 3 heterocycles. The van der Waals surface area contributed by atoms with E-state index in [2.05, 4.69) is 36.2 Å². The molecule has 1 N–H and O–H groups in total. The van der Waals surface area contributed by atoms with Gasteiger partial charge in [-0.2, -0.15) is 26.3 Å². The Kier molecular flexibility index (Phi) is 10.8. The number of aromatic nitrogens is 3. The predicted molar refractivity (Wildman–Crippen MR) is 164 cm³/mol. The molecular weight excluding hydrogens is 716 g/mol. The number of halogens is 7. The molecule has 0 saturated heterocycles. The van der Waals surface area contributed by atoms with Gasteiger partial charge in [-0.05, 0) is 72.4 Å². The van der Waals surface area contributed by atoms with Gasteiger partial charge in [0.1, 0.15) is 6.61 Å². The minimum Gasteiger partial charge on any atom is -0.481 e. The van der Waals surface area contributed by atoms with Crippen molar-refractivity contribution < 1.29 is 50.1 Å². The number of nitrogens with zero attached hydrogens (tertiary/aromatic N) is 4. The molecule has 48 heavy (non-hydrogen) atoms. The highest BCUT2D eigenvalue weighted by molar-refractivity contribution is 9.10. The smallest absolute Gasteiger partial charge is 0.416 e. The first-order valence-electron chi connectivity index (χ1n) is 14.5. The summed E-state index contributed by atoms with van der Waals surface area (Å²) in [5.41, 5.74) is -3.36. The summed E-state index contributed by atoms with van der Waals surface area (Å²) in [5.74, 6) is -0.305. The van der Waals surface area contributed by atoms with Crippen LogP contribution in [0.1, 0.15) is 67.7 Å². The number of alkyl halides is 6. The van der Waals surface area contributed by atoms with Gasteiger partial charge in [-0.25, -0.2) is 19.7 Å². The van der Waals surface area contributed by atoms with Crippen molar-refractivity contribution in [2.75, 3.05) is 31.0 Å². The Bertz CT molecular complexity index is 1640. The number of amides is 1. The van der Waals surface area contributed by atoms with Crippen LogP contribution in [0.5, 0.6) is 5.88 Å². The van der Waals surface area contributed by atoms with Gasteiger partial charge in [0.05, 0.1) is 58.4 Å². The number of hydrogen-bond acceptors (Lipinski definition) is 9. The normalized spacial score (nSPS) is 16.6. The van der Waals surface area contributed by atoms with Crippen LogP contribution in [0.15, 0.2) is 41.0 Å². The number of carbonyl (C=O) groups is 2. The summed E-state index contributed by atoms with van der Waals surface area (Å²) in [6.45, 7) is 4.77. The predicted octanol–water partition coefficient (Wildman–Crippen LogP) is 7.75. The van der Waals surface area contributed by atoms with E-state index < -0.39 is 53.0 Å². The van der Waals surface area contributed by atoms with Crippen molar-refractivity contribution in [3.63, 3.8) is 0 Å². The standard InChI is InChI=1S/C31H32BrF6N5O5/c1-6-19-13-22(25-23(7-8-24(42-25)46-4)43(19)28(45)48-15-29(2,3)26(44)47-5)41-27-39-14-20(32)21(40-27)11-16-9-17(30(33,34)35)12-18(10-16)31(36,37)38/h7-10,12,14,19,22H,6,11,13,15H2,1-5H3,(H,39,40,41)/t19-,22+/m1/s1. The van der Waals surface area contributed by atoms with Gasteiger partial charge in [-0.3, -0.25) is 9.69 Å². The van der Waals surface area contributed by atoms with Crippen LogP contribution in [0, 0.1) is 5.41 Å². The molecule has 4 rings (SSSR count). The molecule has 10 nitrogen and oxygen atoms in total.